The maximum atomic E-state index is 9.89. The average molecular weight is 267 g/mol. The van der Waals surface area contributed by atoms with Gasteiger partial charge in [-0.1, -0.05) is 0 Å². The zero-order valence-electron chi connectivity index (χ0n) is 11.4. The second kappa shape index (κ2) is 6.75. The summed E-state index contributed by atoms with van der Waals surface area (Å²) in [6, 6.07) is 7.37. The van der Waals surface area contributed by atoms with E-state index in [0.29, 0.717) is 13.2 Å². The van der Waals surface area contributed by atoms with Crippen molar-refractivity contribution in [3.05, 3.63) is 24.3 Å². The maximum Gasteiger partial charge on any atom is 0.178 e. The summed E-state index contributed by atoms with van der Waals surface area (Å²) in [4.78, 5) is 2.10. The first kappa shape index (κ1) is 14.1. The maximum absolute atomic E-state index is 9.89. The van der Waals surface area contributed by atoms with Gasteiger partial charge in [0.15, 0.2) is 6.23 Å². The molecule has 0 radical (unpaired) electrons. The molecule has 106 valence electrons. The molecule has 2 rings (SSSR count). The fraction of sp³-hybridized carbons (Fsp3) is 0.571. The van der Waals surface area contributed by atoms with Gasteiger partial charge in [-0.05, 0) is 31.2 Å². The molecule has 5 heteroatoms. The van der Waals surface area contributed by atoms with Crippen molar-refractivity contribution in [2.45, 2.75) is 19.3 Å². The van der Waals surface area contributed by atoms with E-state index in [1.165, 1.54) is 0 Å². The molecule has 1 saturated heterocycles. The van der Waals surface area contributed by atoms with Crippen molar-refractivity contribution in [3.8, 4) is 11.5 Å². The Kier molecular flexibility index (Phi) is 5.01. The van der Waals surface area contributed by atoms with Gasteiger partial charge >= 0.3 is 0 Å². The van der Waals surface area contributed by atoms with Gasteiger partial charge in [0, 0.05) is 13.1 Å². The number of hydrogen-bond acceptors (Lipinski definition) is 5. The van der Waals surface area contributed by atoms with Gasteiger partial charge in [-0.15, -0.1) is 0 Å². The van der Waals surface area contributed by atoms with Crippen LogP contribution < -0.4 is 9.47 Å². The minimum Gasteiger partial charge on any atom is -0.497 e. The standard InChI is InChI=1S/C14H21NO4/c1-11(16)14(15-7-9-18-10-8-15)19-13-5-3-12(17-2)4-6-13/h3-6,11,14,16H,7-10H2,1-2H3. The van der Waals surface area contributed by atoms with Gasteiger partial charge < -0.3 is 19.3 Å². The Morgan fingerprint density at radius 3 is 2.26 bits per heavy atom. The van der Waals surface area contributed by atoms with Crippen LogP contribution in [0.25, 0.3) is 0 Å². The summed E-state index contributed by atoms with van der Waals surface area (Å²) in [7, 11) is 1.63. The first-order valence-electron chi connectivity index (χ1n) is 6.51. The van der Waals surface area contributed by atoms with Crippen LogP contribution in [0.3, 0.4) is 0 Å². The van der Waals surface area contributed by atoms with Gasteiger partial charge in [0.1, 0.15) is 17.6 Å². The summed E-state index contributed by atoms with van der Waals surface area (Å²) in [5.41, 5.74) is 0. The number of aliphatic hydroxyl groups is 1. The molecule has 1 N–H and O–H groups in total. The highest BCUT2D eigenvalue weighted by Crippen LogP contribution is 2.20. The first-order chi connectivity index (χ1) is 9.20. The van der Waals surface area contributed by atoms with Crippen molar-refractivity contribution in [2.75, 3.05) is 33.4 Å². The van der Waals surface area contributed by atoms with Gasteiger partial charge in [-0.25, -0.2) is 0 Å². The van der Waals surface area contributed by atoms with E-state index in [1.807, 2.05) is 24.3 Å². The molecular weight excluding hydrogens is 246 g/mol. The zero-order valence-corrected chi connectivity index (χ0v) is 11.4. The number of rotatable bonds is 5. The van der Waals surface area contributed by atoms with E-state index in [0.717, 1.165) is 24.6 Å². The third-order valence-electron chi connectivity index (χ3n) is 3.13. The molecule has 1 fully saturated rings. The van der Waals surface area contributed by atoms with Crippen molar-refractivity contribution in [3.63, 3.8) is 0 Å². The molecule has 0 aromatic heterocycles. The molecule has 1 aliphatic heterocycles. The van der Waals surface area contributed by atoms with Crippen LogP contribution in [0.2, 0.25) is 0 Å². The van der Waals surface area contributed by atoms with Crippen LogP contribution in [0.1, 0.15) is 6.92 Å². The summed E-state index contributed by atoms with van der Waals surface area (Å²) < 4.78 is 16.3. The van der Waals surface area contributed by atoms with E-state index in [-0.39, 0.29) is 6.23 Å². The molecule has 1 heterocycles. The number of hydrogen-bond donors (Lipinski definition) is 1. The van der Waals surface area contributed by atoms with Crippen molar-refractivity contribution >= 4 is 0 Å². The highest BCUT2D eigenvalue weighted by atomic mass is 16.5. The Bertz CT molecular complexity index is 374. The SMILES string of the molecule is COc1ccc(OC(C(C)O)N2CCOCC2)cc1. The zero-order chi connectivity index (χ0) is 13.7. The Labute approximate surface area is 113 Å². The van der Waals surface area contributed by atoms with Crippen LogP contribution in [0, 0.1) is 0 Å². The van der Waals surface area contributed by atoms with Crippen LogP contribution >= 0.6 is 0 Å². The number of aliphatic hydroxyl groups excluding tert-OH is 1. The van der Waals surface area contributed by atoms with E-state index in [9.17, 15) is 5.11 Å². The number of morpholine rings is 1. The molecule has 2 unspecified atom stereocenters. The lowest BCUT2D eigenvalue weighted by atomic mass is 10.2. The second-order valence-electron chi connectivity index (χ2n) is 4.57. The summed E-state index contributed by atoms with van der Waals surface area (Å²) >= 11 is 0. The smallest absolute Gasteiger partial charge is 0.178 e. The third kappa shape index (κ3) is 3.83. The Morgan fingerprint density at radius 2 is 1.74 bits per heavy atom. The van der Waals surface area contributed by atoms with E-state index < -0.39 is 6.10 Å². The van der Waals surface area contributed by atoms with Crippen molar-refractivity contribution in [1.82, 2.24) is 4.90 Å². The summed E-state index contributed by atoms with van der Waals surface area (Å²) in [5, 5.41) is 9.89. The van der Waals surface area contributed by atoms with E-state index in [2.05, 4.69) is 4.90 Å². The Hall–Kier alpha value is -1.30. The fourth-order valence-electron chi connectivity index (χ4n) is 2.10. The van der Waals surface area contributed by atoms with Gasteiger partial charge in [0.25, 0.3) is 0 Å². The lowest BCUT2D eigenvalue weighted by Gasteiger charge is -2.35. The van der Waals surface area contributed by atoms with Crippen LogP contribution in [0.5, 0.6) is 11.5 Å². The number of nitrogens with zero attached hydrogens (tertiary/aromatic N) is 1. The van der Waals surface area contributed by atoms with Gasteiger partial charge in [-0.2, -0.15) is 0 Å². The van der Waals surface area contributed by atoms with Crippen molar-refractivity contribution in [2.24, 2.45) is 0 Å². The summed E-state index contributed by atoms with van der Waals surface area (Å²) in [5.74, 6) is 1.51. The first-order valence-corrected chi connectivity index (χ1v) is 6.51. The van der Waals surface area contributed by atoms with Crippen molar-refractivity contribution < 1.29 is 19.3 Å². The van der Waals surface area contributed by atoms with Crippen molar-refractivity contribution in [1.29, 1.82) is 0 Å². The number of methoxy groups -OCH3 is 1. The fourth-order valence-corrected chi connectivity index (χ4v) is 2.10. The molecule has 1 aromatic carbocycles. The highest BCUT2D eigenvalue weighted by molar-refractivity contribution is 5.31. The molecule has 0 spiro atoms. The molecule has 1 aliphatic rings. The second-order valence-corrected chi connectivity index (χ2v) is 4.57. The van der Waals surface area contributed by atoms with Gasteiger partial charge in [0.2, 0.25) is 0 Å². The molecule has 0 bridgehead atoms. The number of ether oxygens (including phenoxy) is 3. The normalized spacial score (nSPS) is 19.7. The van der Waals surface area contributed by atoms with Gasteiger partial charge in [-0.3, -0.25) is 4.90 Å². The summed E-state index contributed by atoms with van der Waals surface area (Å²) in [6.45, 7) is 4.63. The van der Waals surface area contributed by atoms with Crippen LogP contribution in [-0.4, -0.2) is 55.8 Å². The lowest BCUT2D eigenvalue weighted by Crippen LogP contribution is -2.51. The van der Waals surface area contributed by atoms with Crippen LogP contribution in [0.15, 0.2) is 24.3 Å². The van der Waals surface area contributed by atoms with Crippen LogP contribution in [-0.2, 0) is 4.74 Å². The molecule has 0 amide bonds. The molecule has 2 atom stereocenters. The van der Waals surface area contributed by atoms with Gasteiger partial charge in [0.05, 0.1) is 20.3 Å². The molecular formula is C14H21NO4. The monoisotopic (exact) mass is 267 g/mol. The quantitative estimate of drug-likeness (QED) is 0.866. The van der Waals surface area contributed by atoms with E-state index in [1.54, 1.807) is 14.0 Å². The molecule has 0 aliphatic carbocycles. The molecule has 0 saturated carbocycles. The predicted molar refractivity (Wildman–Crippen MR) is 71.5 cm³/mol. The number of benzene rings is 1. The van der Waals surface area contributed by atoms with E-state index >= 15 is 0 Å². The Morgan fingerprint density at radius 1 is 1.16 bits per heavy atom. The molecule has 19 heavy (non-hydrogen) atoms. The molecule has 1 aromatic rings. The minimum absolute atomic E-state index is 0.350. The van der Waals surface area contributed by atoms with E-state index in [4.69, 9.17) is 14.2 Å². The topological polar surface area (TPSA) is 51.2 Å². The predicted octanol–water partition coefficient (Wildman–Crippen LogP) is 1.11. The lowest BCUT2D eigenvalue weighted by molar-refractivity contribution is -0.0941. The largest absolute Gasteiger partial charge is 0.497 e. The Balaban J connectivity index is 2.02. The minimum atomic E-state index is -0.569. The summed E-state index contributed by atoms with van der Waals surface area (Å²) in [6.07, 6.45) is -0.919. The average Bonchev–Trinajstić information content (AvgIpc) is 2.46. The third-order valence-corrected chi connectivity index (χ3v) is 3.13. The molecule has 5 nitrogen and oxygen atoms in total. The van der Waals surface area contributed by atoms with Crippen LogP contribution in [0.4, 0.5) is 0 Å². The highest BCUT2D eigenvalue weighted by Gasteiger charge is 2.26.